The van der Waals surface area contributed by atoms with Crippen LogP contribution in [0.5, 0.6) is 0 Å². The van der Waals surface area contributed by atoms with Gasteiger partial charge in [0.25, 0.3) is 5.56 Å². The quantitative estimate of drug-likeness (QED) is 0.593. The van der Waals surface area contributed by atoms with Crippen molar-refractivity contribution in [1.82, 2.24) is 4.57 Å². The molecule has 0 fully saturated rings. The first-order chi connectivity index (χ1) is 14.9. The number of amides is 1. The molecule has 168 valence electrons. The van der Waals surface area contributed by atoms with E-state index in [1.54, 1.807) is 19.9 Å². The topological polar surface area (TPSA) is 85.2 Å². The van der Waals surface area contributed by atoms with E-state index in [1.165, 1.54) is 37.3 Å². The molecule has 0 saturated heterocycles. The Morgan fingerprint density at radius 2 is 1.69 bits per heavy atom. The van der Waals surface area contributed by atoms with Crippen LogP contribution in [0.25, 0.3) is 0 Å². The Morgan fingerprint density at radius 1 is 1.00 bits per heavy atom. The summed E-state index contributed by atoms with van der Waals surface area (Å²) in [7, 11) is -4.12. The second-order valence-electron chi connectivity index (χ2n) is 7.61. The van der Waals surface area contributed by atoms with Gasteiger partial charge in [0.1, 0.15) is 17.3 Å². The summed E-state index contributed by atoms with van der Waals surface area (Å²) in [6.07, 6.45) is 0. The molecule has 1 aromatic heterocycles. The Bertz CT molecular complexity index is 1400. The lowest BCUT2D eigenvalue weighted by atomic mass is 10.1. The molecule has 1 heterocycles. The summed E-state index contributed by atoms with van der Waals surface area (Å²) in [6, 6.07) is 9.95. The zero-order valence-corrected chi connectivity index (χ0v) is 19.6. The molecule has 1 amide bonds. The largest absolute Gasteiger partial charge is 0.322 e. The molecular weight excluding hydrogens is 455 g/mol. The van der Waals surface area contributed by atoms with E-state index in [9.17, 15) is 22.4 Å². The van der Waals surface area contributed by atoms with Gasteiger partial charge in [-0.25, -0.2) is 12.8 Å². The number of hydrogen-bond donors (Lipinski definition) is 1. The summed E-state index contributed by atoms with van der Waals surface area (Å²) in [5, 5.41) is 2.55. The molecule has 0 saturated carbocycles. The van der Waals surface area contributed by atoms with Crippen LogP contribution < -0.4 is 10.9 Å². The molecule has 0 bridgehead atoms. The first-order valence-corrected chi connectivity index (χ1v) is 11.6. The zero-order valence-electron chi connectivity index (χ0n) is 18.0. The van der Waals surface area contributed by atoms with Crippen LogP contribution in [-0.4, -0.2) is 18.9 Å². The monoisotopic (exact) mass is 476 g/mol. The molecule has 0 radical (unpaired) electrons. The molecule has 9 heteroatoms. The highest BCUT2D eigenvalue weighted by molar-refractivity contribution is 7.91. The first kappa shape index (κ1) is 23.7. The Labute approximate surface area is 190 Å². The van der Waals surface area contributed by atoms with Gasteiger partial charge in [-0.15, -0.1) is 0 Å². The number of anilines is 1. The fourth-order valence-corrected chi connectivity index (χ4v) is 5.15. The molecule has 3 rings (SSSR count). The SMILES string of the molecule is Cc1ccc(S(=O)(=O)c2c(C)cc(C)n(CC(=O)Nc3ccc(Cl)cc3F)c2=O)cc1C. The van der Waals surface area contributed by atoms with Crippen molar-refractivity contribution in [1.29, 1.82) is 0 Å². The summed E-state index contributed by atoms with van der Waals surface area (Å²) in [4.78, 5) is 25.3. The van der Waals surface area contributed by atoms with Crippen LogP contribution in [0.2, 0.25) is 5.02 Å². The number of rotatable bonds is 5. The van der Waals surface area contributed by atoms with Crippen molar-refractivity contribution in [3.05, 3.63) is 86.0 Å². The maximum absolute atomic E-state index is 14.0. The third-order valence-electron chi connectivity index (χ3n) is 5.21. The molecule has 32 heavy (non-hydrogen) atoms. The van der Waals surface area contributed by atoms with Crippen LogP contribution in [0.4, 0.5) is 10.1 Å². The van der Waals surface area contributed by atoms with E-state index in [0.29, 0.717) is 5.69 Å². The summed E-state index contributed by atoms with van der Waals surface area (Å²) in [5.41, 5.74) is 1.48. The lowest BCUT2D eigenvalue weighted by molar-refractivity contribution is -0.116. The molecule has 3 aromatic rings. The lowest BCUT2D eigenvalue weighted by Gasteiger charge is -2.15. The van der Waals surface area contributed by atoms with E-state index in [0.717, 1.165) is 21.8 Å². The average molecular weight is 477 g/mol. The van der Waals surface area contributed by atoms with Crippen LogP contribution in [0.1, 0.15) is 22.4 Å². The zero-order chi connectivity index (χ0) is 23.8. The fourth-order valence-electron chi connectivity index (χ4n) is 3.35. The molecule has 0 aliphatic carbocycles. The van der Waals surface area contributed by atoms with E-state index in [2.05, 4.69) is 5.32 Å². The maximum atomic E-state index is 14.0. The first-order valence-electron chi connectivity index (χ1n) is 9.70. The van der Waals surface area contributed by atoms with Crippen molar-refractivity contribution < 1.29 is 17.6 Å². The summed E-state index contributed by atoms with van der Waals surface area (Å²) in [5.74, 6) is -1.41. The van der Waals surface area contributed by atoms with Gasteiger partial charge in [0.05, 0.1) is 10.6 Å². The second kappa shape index (κ2) is 8.88. The summed E-state index contributed by atoms with van der Waals surface area (Å²) in [6.45, 7) is 6.29. The molecule has 0 aliphatic heterocycles. The van der Waals surface area contributed by atoms with E-state index in [-0.39, 0.29) is 21.2 Å². The van der Waals surface area contributed by atoms with Gasteiger partial charge in [0.2, 0.25) is 15.7 Å². The van der Waals surface area contributed by atoms with E-state index in [1.807, 2.05) is 6.92 Å². The summed E-state index contributed by atoms with van der Waals surface area (Å²) >= 11 is 5.71. The molecule has 0 spiro atoms. The van der Waals surface area contributed by atoms with Gasteiger partial charge in [-0.2, -0.15) is 0 Å². The number of carbonyl (C=O) groups is 1. The molecule has 0 unspecified atom stereocenters. The van der Waals surface area contributed by atoms with Crippen LogP contribution in [-0.2, 0) is 21.2 Å². The molecule has 1 N–H and O–H groups in total. The van der Waals surface area contributed by atoms with Gasteiger partial charge in [-0.05, 0) is 80.8 Å². The molecule has 0 aliphatic rings. The van der Waals surface area contributed by atoms with Crippen LogP contribution >= 0.6 is 11.6 Å². The molecule has 0 atom stereocenters. The highest BCUT2D eigenvalue weighted by Gasteiger charge is 2.26. The normalized spacial score (nSPS) is 11.4. The van der Waals surface area contributed by atoms with Gasteiger partial charge in [-0.3, -0.25) is 9.59 Å². The predicted molar refractivity (Wildman–Crippen MR) is 122 cm³/mol. The lowest BCUT2D eigenvalue weighted by Crippen LogP contribution is -2.33. The van der Waals surface area contributed by atoms with E-state index >= 15 is 0 Å². The standard InChI is InChI=1S/C23H22ClFN2O4S/c1-13-5-7-18(10-14(13)2)32(30,31)22-15(3)9-16(4)27(23(22)29)12-21(28)26-20-8-6-17(24)11-19(20)25/h5-11H,12H2,1-4H3,(H,26,28). The van der Waals surface area contributed by atoms with Crippen molar-refractivity contribution in [2.24, 2.45) is 0 Å². The number of halogens is 2. The fraction of sp³-hybridized carbons (Fsp3) is 0.217. The van der Waals surface area contributed by atoms with Crippen molar-refractivity contribution in [2.45, 2.75) is 44.0 Å². The number of sulfone groups is 1. The van der Waals surface area contributed by atoms with Crippen molar-refractivity contribution in [3.63, 3.8) is 0 Å². The number of hydrogen-bond acceptors (Lipinski definition) is 4. The third kappa shape index (κ3) is 4.61. The number of nitrogens with zero attached hydrogens (tertiary/aromatic N) is 1. The minimum Gasteiger partial charge on any atom is -0.322 e. The number of aromatic nitrogens is 1. The van der Waals surface area contributed by atoms with Crippen LogP contribution in [0.15, 0.2) is 57.1 Å². The average Bonchev–Trinajstić information content (AvgIpc) is 2.69. The van der Waals surface area contributed by atoms with Gasteiger partial charge in [0.15, 0.2) is 0 Å². The number of nitrogens with one attached hydrogen (secondary N) is 1. The number of aryl methyl sites for hydroxylation is 4. The Kier molecular flexibility index (Phi) is 6.57. The minimum atomic E-state index is -4.12. The Hall–Kier alpha value is -2.97. The van der Waals surface area contributed by atoms with E-state index < -0.39 is 38.6 Å². The van der Waals surface area contributed by atoms with E-state index in [4.69, 9.17) is 11.6 Å². The third-order valence-corrected chi connectivity index (χ3v) is 7.36. The van der Waals surface area contributed by atoms with Gasteiger partial charge in [-0.1, -0.05) is 17.7 Å². The molecular formula is C23H22ClFN2O4S. The van der Waals surface area contributed by atoms with Crippen molar-refractivity contribution in [3.8, 4) is 0 Å². The van der Waals surface area contributed by atoms with Gasteiger partial charge >= 0.3 is 0 Å². The molecule has 6 nitrogen and oxygen atoms in total. The Morgan fingerprint density at radius 3 is 2.31 bits per heavy atom. The van der Waals surface area contributed by atoms with Crippen molar-refractivity contribution in [2.75, 3.05) is 5.32 Å². The number of benzene rings is 2. The summed E-state index contributed by atoms with van der Waals surface area (Å²) < 4.78 is 41.6. The predicted octanol–water partition coefficient (Wildman–Crippen LogP) is 4.35. The highest BCUT2D eigenvalue weighted by atomic mass is 35.5. The molecule has 2 aromatic carbocycles. The second-order valence-corrected chi connectivity index (χ2v) is 9.93. The van der Waals surface area contributed by atoms with Gasteiger partial charge < -0.3 is 9.88 Å². The highest BCUT2D eigenvalue weighted by Crippen LogP contribution is 2.24. The number of carbonyl (C=O) groups excluding carboxylic acids is 1. The maximum Gasteiger partial charge on any atom is 0.270 e. The smallest absolute Gasteiger partial charge is 0.270 e. The van der Waals surface area contributed by atoms with Crippen LogP contribution in [0.3, 0.4) is 0 Å². The minimum absolute atomic E-state index is 0.00360. The van der Waals surface area contributed by atoms with Gasteiger partial charge in [0, 0.05) is 10.7 Å². The van der Waals surface area contributed by atoms with Crippen molar-refractivity contribution >= 4 is 33.0 Å². The number of pyridine rings is 1. The van der Waals surface area contributed by atoms with Crippen LogP contribution in [0, 0.1) is 33.5 Å². The Balaban J connectivity index is 2.02.